The Bertz CT molecular complexity index is 472. The highest BCUT2D eigenvalue weighted by atomic mass is 79.9. The predicted molar refractivity (Wildman–Crippen MR) is 58.9 cm³/mol. The van der Waals surface area contributed by atoms with Gasteiger partial charge in [0, 0.05) is 6.07 Å². The summed E-state index contributed by atoms with van der Waals surface area (Å²) in [6, 6.07) is 1.49. The largest absolute Gasteiger partial charge is 0.506 e. The molecule has 1 aliphatic heterocycles. The van der Waals surface area contributed by atoms with E-state index in [9.17, 15) is 15.0 Å². The number of phenolic OH excluding ortho intramolecular Hbond substituents is 1. The van der Waals surface area contributed by atoms with Gasteiger partial charge >= 0.3 is 5.97 Å². The second-order valence-corrected chi connectivity index (χ2v) is 4.13. The lowest BCUT2D eigenvalue weighted by Crippen LogP contribution is -2.14. The van der Waals surface area contributed by atoms with Gasteiger partial charge in [0.25, 0.3) is 0 Å². The van der Waals surface area contributed by atoms with Gasteiger partial charge in [-0.2, -0.15) is 0 Å². The molecule has 1 atom stereocenters. The zero-order valence-corrected chi connectivity index (χ0v) is 10.4. The first-order chi connectivity index (χ1) is 8.06. The van der Waals surface area contributed by atoms with Gasteiger partial charge < -0.3 is 24.4 Å². The van der Waals surface area contributed by atoms with Crippen LogP contribution < -0.4 is 9.47 Å². The number of benzene rings is 1. The molecule has 17 heavy (non-hydrogen) atoms. The van der Waals surface area contributed by atoms with Crippen LogP contribution in [0.5, 0.6) is 17.2 Å². The maximum Gasteiger partial charge on any atom is 0.339 e. The van der Waals surface area contributed by atoms with Gasteiger partial charge in [-0.1, -0.05) is 0 Å². The Kier molecular flexibility index (Phi) is 3.12. The van der Waals surface area contributed by atoms with Crippen LogP contribution in [0.4, 0.5) is 0 Å². The standard InChI is InChI=1S/C10H9BrO6/c1-15-10(14)8(13)6-7(12)4(11)2-5-9(6)17-3-16-5/h2,8,12-13H,3H2,1H3. The highest BCUT2D eigenvalue weighted by molar-refractivity contribution is 9.10. The number of aliphatic hydroxyl groups excluding tert-OH is 1. The summed E-state index contributed by atoms with van der Waals surface area (Å²) in [5.74, 6) is -0.695. The first-order valence-electron chi connectivity index (χ1n) is 4.63. The highest BCUT2D eigenvalue weighted by Gasteiger charge is 2.32. The van der Waals surface area contributed by atoms with Crippen molar-refractivity contribution in [3.05, 3.63) is 16.1 Å². The average molecular weight is 305 g/mol. The van der Waals surface area contributed by atoms with E-state index in [4.69, 9.17) is 9.47 Å². The second kappa shape index (κ2) is 4.42. The average Bonchev–Trinajstić information content (AvgIpc) is 2.76. The lowest BCUT2D eigenvalue weighted by molar-refractivity contribution is -0.150. The molecule has 0 aliphatic carbocycles. The topological polar surface area (TPSA) is 85.2 Å². The summed E-state index contributed by atoms with van der Waals surface area (Å²) in [6.45, 7) is -0.0356. The van der Waals surface area contributed by atoms with Crippen molar-refractivity contribution in [3.8, 4) is 17.2 Å². The van der Waals surface area contributed by atoms with E-state index in [-0.39, 0.29) is 23.9 Å². The Hall–Kier alpha value is -1.47. The lowest BCUT2D eigenvalue weighted by atomic mass is 10.1. The number of halogens is 1. The van der Waals surface area contributed by atoms with Gasteiger partial charge in [-0.15, -0.1) is 0 Å². The monoisotopic (exact) mass is 304 g/mol. The van der Waals surface area contributed by atoms with Gasteiger partial charge in [-0.25, -0.2) is 4.79 Å². The highest BCUT2D eigenvalue weighted by Crippen LogP contribution is 2.47. The molecule has 0 amide bonds. The van der Waals surface area contributed by atoms with Gasteiger partial charge in [0.15, 0.2) is 17.6 Å². The molecule has 1 heterocycles. The number of aliphatic hydroxyl groups is 1. The van der Waals surface area contributed by atoms with E-state index in [1.807, 2.05) is 0 Å². The van der Waals surface area contributed by atoms with E-state index in [2.05, 4.69) is 20.7 Å². The van der Waals surface area contributed by atoms with Crippen LogP contribution in [0.3, 0.4) is 0 Å². The molecule has 1 unspecified atom stereocenters. The molecule has 0 bridgehead atoms. The first-order valence-corrected chi connectivity index (χ1v) is 5.42. The van der Waals surface area contributed by atoms with Gasteiger partial charge in [-0.05, 0) is 15.9 Å². The molecular formula is C10H9BrO6. The van der Waals surface area contributed by atoms with E-state index in [0.29, 0.717) is 10.2 Å². The molecule has 1 aromatic carbocycles. The number of hydrogen-bond acceptors (Lipinski definition) is 6. The molecule has 0 aromatic heterocycles. The van der Waals surface area contributed by atoms with Crippen molar-refractivity contribution >= 4 is 21.9 Å². The van der Waals surface area contributed by atoms with Gasteiger partial charge in [0.05, 0.1) is 17.1 Å². The molecule has 0 radical (unpaired) electrons. The fraction of sp³-hybridized carbons (Fsp3) is 0.300. The molecule has 6 nitrogen and oxygen atoms in total. The van der Waals surface area contributed by atoms with E-state index in [1.54, 1.807) is 0 Å². The maximum atomic E-state index is 11.3. The van der Waals surface area contributed by atoms with Crippen LogP contribution in [0.25, 0.3) is 0 Å². The molecule has 7 heteroatoms. The summed E-state index contributed by atoms with van der Waals surface area (Å²) in [5, 5.41) is 19.6. The Morgan fingerprint density at radius 3 is 2.94 bits per heavy atom. The maximum absolute atomic E-state index is 11.3. The Morgan fingerprint density at radius 1 is 1.59 bits per heavy atom. The number of carbonyl (C=O) groups excluding carboxylic acids is 1. The summed E-state index contributed by atoms with van der Waals surface area (Å²) in [7, 11) is 1.14. The number of methoxy groups -OCH3 is 1. The van der Waals surface area contributed by atoms with E-state index < -0.39 is 12.1 Å². The number of esters is 1. The molecule has 1 aliphatic rings. The van der Waals surface area contributed by atoms with Crippen molar-refractivity contribution in [2.75, 3.05) is 13.9 Å². The second-order valence-electron chi connectivity index (χ2n) is 3.28. The van der Waals surface area contributed by atoms with Crippen molar-refractivity contribution in [1.29, 1.82) is 0 Å². The summed E-state index contributed by atoms with van der Waals surface area (Å²) in [4.78, 5) is 11.3. The molecule has 0 saturated heterocycles. The van der Waals surface area contributed by atoms with Gasteiger partial charge in [-0.3, -0.25) is 0 Å². The van der Waals surface area contributed by atoms with Crippen molar-refractivity contribution in [2.24, 2.45) is 0 Å². The number of hydrogen-bond donors (Lipinski definition) is 2. The number of phenols is 1. The number of aromatic hydroxyl groups is 1. The third-order valence-electron chi connectivity index (χ3n) is 2.32. The molecule has 1 aromatic rings. The molecule has 2 rings (SSSR count). The minimum absolute atomic E-state index is 0.0356. The third-order valence-corrected chi connectivity index (χ3v) is 2.93. The van der Waals surface area contributed by atoms with Gasteiger partial charge in [0.1, 0.15) is 5.75 Å². The normalized spacial score (nSPS) is 14.5. The molecule has 0 spiro atoms. The minimum atomic E-state index is -1.63. The zero-order valence-electron chi connectivity index (χ0n) is 8.77. The van der Waals surface area contributed by atoms with Gasteiger partial charge in [0.2, 0.25) is 6.79 Å². The molecule has 0 saturated carbocycles. The van der Waals surface area contributed by atoms with Crippen molar-refractivity contribution in [2.45, 2.75) is 6.10 Å². The third kappa shape index (κ3) is 1.91. The van der Waals surface area contributed by atoms with Crippen LogP contribution in [-0.4, -0.2) is 30.1 Å². The van der Waals surface area contributed by atoms with E-state index in [0.717, 1.165) is 7.11 Å². The van der Waals surface area contributed by atoms with Crippen LogP contribution in [0, 0.1) is 0 Å². The molecular weight excluding hydrogens is 296 g/mol. The number of ether oxygens (including phenoxy) is 3. The molecule has 2 N–H and O–H groups in total. The summed E-state index contributed by atoms with van der Waals surface area (Å²) < 4.78 is 14.9. The van der Waals surface area contributed by atoms with Crippen molar-refractivity contribution in [3.63, 3.8) is 0 Å². The zero-order chi connectivity index (χ0) is 12.6. The van der Waals surface area contributed by atoms with Crippen molar-refractivity contribution < 1.29 is 29.2 Å². The van der Waals surface area contributed by atoms with E-state index in [1.165, 1.54) is 6.07 Å². The van der Waals surface area contributed by atoms with Crippen LogP contribution in [0.15, 0.2) is 10.5 Å². The minimum Gasteiger partial charge on any atom is -0.506 e. The first kappa shape index (κ1) is 12.0. The Morgan fingerprint density at radius 2 is 2.29 bits per heavy atom. The molecule has 92 valence electrons. The van der Waals surface area contributed by atoms with Crippen LogP contribution >= 0.6 is 15.9 Å². The molecule has 0 fully saturated rings. The smallest absolute Gasteiger partial charge is 0.339 e. The fourth-order valence-electron chi connectivity index (χ4n) is 1.51. The van der Waals surface area contributed by atoms with Crippen molar-refractivity contribution in [1.82, 2.24) is 0 Å². The number of rotatable bonds is 2. The Labute approximate surface area is 105 Å². The van der Waals surface area contributed by atoms with E-state index >= 15 is 0 Å². The number of fused-ring (bicyclic) bond motifs is 1. The number of carbonyl (C=O) groups is 1. The SMILES string of the molecule is COC(=O)C(O)c1c(O)c(Br)cc2c1OCO2. The predicted octanol–water partition coefficient (Wildman–Crippen LogP) is 1.09. The fourth-order valence-corrected chi connectivity index (χ4v) is 1.93. The van der Waals surface area contributed by atoms with Crippen LogP contribution in [0.1, 0.15) is 11.7 Å². The summed E-state index contributed by atoms with van der Waals surface area (Å²) >= 11 is 3.09. The lowest BCUT2D eigenvalue weighted by Gasteiger charge is -2.14. The summed E-state index contributed by atoms with van der Waals surface area (Å²) in [6.07, 6.45) is -1.63. The summed E-state index contributed by atoms with van der Waals surface area (Å²) in [5.41, 5.74) is -0.0706. The Balaban J connectivity index is 2.56. The van der Waals surface area contributed by atoms with Crippen LogP contribution in [-0.2, 0) is 9.53 Å². The quantitative estimate of drug-likeness (QED) is 0.796. The van der Waals surface area contributed by atoms with Crippen LogP contribution in [0.2, 0.25) is 0 Å².